The van der Waals surface area contributed by atoms with Gasteiger partial charge < -0.3 is 16.0 Å². The number of para-hydroxylation sites is 1. The molecule has 0 bridgehead atoms. The van der Waals surface area contributed by atoms with Crippen LogP contribution in [0.5, 0.6) is 0 Å². The molecule has 21 heavy (non-hydrogen) atoms. The maximum Gasteiger partial charge on any atom is 0.253 e. The number of hydrogen-bond donors (Lipinski definition) is 3. The minimum absolute atomic E-state index is 0.0751. The van der Waals surface area contributed by atoms with Crippen molar-refractivity contribution in [3.8, 4) is 0 Å². The fourth-order valence-electron chi connectivity index (χ4n) is 2.23. The second-order valence-electron chi connectivity index (χ2n) is 5.36. The fourth-order valence-corrected chi connectivity index (χ4v) is 3.17. The summed E-state index contributed by atoms with van der Waals surface area (Å²) in [5.41, 5.74) is 1.11. The van der Waals surface area contributed by atoms with Crippen molar-refractivity contribution in [2.45, 2.75) is 24.9 Å². The lowest BCUT2D eigenvalue weighted by molar-refractivity contribution is -0.117. The minimum Gasteiger partial charge on any atom is -0.349 e. The van der Waals surface area contributed by atoms with Crippen LogP contribution in [0.1, 0.15) is 23.2 Å². The molecule has 2 aliphatic rings. The Morgan fingerprint density at radius 1 is 1.24 bits per heavy atom. The average Bonchev–Trinajstić information content (AvgIpc) is 3.32. The van der Waals surface area contributed by atoms with Crippen LogP contribution in [0.4, 0.5) is 5.69 Å². The largest absolute Gasteiger partial charge is 0.349 e. The Balaban J connectivity index is 1.68. The summed E-state index contributed by atoms with van der Waals surface area (Å²) in [6.07, 6.45) is 2.09. The van der Waals surface area contributed by atoms with E-state index in [1.54, 1.807) is 23.9 Å². The zero-order valence-corrected chi connectivity index (χ0v) is 12.5. The van der Waals surface area contributed by atoms with E-state index in [1.807, 2.05) is 12.1 Å². The van der Waals surface area contributed by atoms with Crippen molar-refractivity contribution in [1.29, 1.82) is 0 Å². The van der Waals surface area contributed by atoms with E-state index in [0.717, 1.165) is 30.9 Å². The molecule has 3 rings (SSSR count). The van der Waals surface area contributed by atoms with E-state index in [-0.39, 0.29) is 17.9 Å². The maximum absolute atomic E-state index is 12.3. The van der Waals surface area contributed by atoms with Crippen molar-refractivity contribution in [3.05, 3.63) is 29.8 Å². The highest BCUT2D eigenvalue weighted by atomic mass is 32.2. The van der Waals surface area contributed by atoms with Crippen LogP contribution in [-0.2, 0) is 4.79 Å². The molecule has 1 aliphatic heterocycles. The molecule has 0 radical (unpaired) electrons. The van der Waals surface area contributed by atoms with Crippen LogP contribution < -0.4 is 16.0 Å². The molecule has 5 nitrogen and oxygen atoms in total. The molecule has 1 unspecified atom stereocenters. The van der Waals surface area contributed by atoms with E-state index < -0.39 is 0 Å². The average molecular weight is 305 g/mol. The van der Waals surface area contributed by atoms with Gasteiger partial charge in [0.05, 0.1) is 17.3 Å². The second kappa shape index (κ2) is 6.49. The molecule has 1 aromatic carbocycles. The molecule has 0 aromatic heterocycles. The summed E-state index contributed by atoms with van der Waals surface area (Å²) in [6.45, 7) is 0.840. The number of carbonyl (C=O) groups excluding carboxylic acids is 2. The summed E-state index contributed by atoms with van der Waals surface area (Å²) < 4.78 is 0. The summed E-state index contributed by atoms with van der Waals surface area (Å²) in [6, 6.07) is 7.27. The van der Waals surface area contributed by atoms with Gasteiger partial charge in [0, 0.05) is 24.1 Å². The van der Waals surface area contributed by atoms with Gasteiger partial charge in [0.25, 0.3) is 5.91 Å². The lowest BCUT2D eigenvalue weighted by Crippen LogP contribution is -2.46. The molecular formula is C15H19N3O2S. The molecule has 1 heterocycles. The molecule has 1 saturated carbocycles. The first-order valence-corrected chi connectivity index (χ1v) is 8.41. The van der Waals surface area contributed by atoms with Crippen molar-refractivity contribution < 1.29 is 9.59 Å². The summed E-state index contributed by atoms with van der Waals surface area (Å²) >= 11 is 1.77. The second-order valence-corrected chi connectivity index (χ2v) is 6.51. The number of thioether (sulfide) groups is 1. The molecule has 2 fully saturated rings. The van der Waals surface area contributed by atoms with Crippen molar-refractivity contribution in [2.75, 3.05) is 23.4 Å². The lowest BCUT2D eigenvalue weighted by atomic mass is 10.1. The Labute approximate surface area is 128 Å². The van der Waals surface area contributed by atoms with Crippen LogP contribution in [0.25, 0.3) is 0 Å². The van der Waals surface area contributed by atoms with E-state index in [9.17, 15) is 9.59 Å². The Morgan fingerprint density at radius 3 is 2.76 bits per heavy atom. The third-order valence-corrected chi connectivity index (χ3v) is 4.64. The lowest BCUT2D eigenvalue weighted by Gasteiger charge is -2.22. The highest BCUT2D eigenvalue weighted by molar-refractivity contribution is 7.99. The first kappa shape index (κ1) is 14.4. The van der Waals surface area contributed by atoms with Crippen molar-refractivity contribution in [2.24, 2.45) is 0 Å². The predicted molar refractivity (Wildman–Crippen MR) is 84.7 cm³/mol. The molecule has 1 atom stereocenters. The number of carbonyl (C=O) groups is 2. The highest BCUT2D eigenvalue weighted by Crippen LogP contribution is 2.22. The van der Waals surface area contributed by atoms with Crippen molar-refractivity contribution >= 4 is 29.3 Å². The van der Waals surface area contributed by atoms with Crippen molar-refractivity contribution in [1.82, 2.24) is 10.6 Å². The Morgan fingerprint density at radius 2 is 2.05 bits per heavy atom. The molecule has 1 saturated heterocycles. The third-order valence-electron chi connectivity index (χ3n) is 3.58. The Hall–Kier alpha value is -1.53. The SMILES string of the molecule is O=C(NC1CC1)c1ccccc1NC(=O)C1CSCCN1. The van der Waals surface area contributed by atoms with Gasteiger partial charge in [0.1, 0.15) is 0 Å². The Bertz CT molecular complexity index is 539. The molecule has 1 aliphatic carbocycles. The molecule has 3 N–H and O–H groups in total. The van der Waals surface area contributed by atoms with Crippen LogP contribution in [0.2, 0.25) is 0 Å². The van der Waals surface area contributed by atoms with Crippen LogP contribution in [0.3, 0.4) is 0 Å². The van der Waals surface area contributed by atoms with E-state index in [0.29, 0.717) is 17.3 Å². The number of rotatable bonds is 4. The zero-order valence-electron chi connectivity index (χ0n) is 11.7. The van der Waals surface area contributed by atoms with E-state index >= 15 is 0 Å². The van der Waals surface area contributed by atoms with Gasteiger partial charge in [0.15, 0.2) is 0 Å². The molecule has 0 spiro atoms. The molecule has 2 amide bonds. The van der Waals surface area contributed by atoms with Gasteiger partial charge in [-0.05, 0) is 25.0 Å². The zero-order chi connectivity index (χ0) is 14.7. The number of anilines is 1. The van der Waals surface area contributed by atoms with Crippen LogP contribution in [0.15, 0.2) is 24.3 Å². The minimum atomic E-state index is -0.191. The van der Waals surface area contributed by atoms with Crippen LogP contribution in [0, 0.1) is 0 Å². The summed E-state index contributed by atoms with van der Waals surface area (Å²) in [4.78, 5) is 24.4. The van der Waals surface area contributed by atoms with Gasteiger partial charge in [-0.2, -0.15) is 11.8 Å². The number of hydrogen-bond acceptors (Lipinski definition) is 4. The van der Waals surface area contributed by atoms with Gasteiger partial charge in [0.2, 0.25) is 5.91 Å². The van der Waals surface area contributed by atoms with E-state index in [2.05, 4.69) is 16.0 Å². The van der Waals surface area contributed by atoms with E-state index in [4.69, 9.17) is 0 Å². The first-order chi connectivity index (χ1) is 10.2. The normalized spacial score (nSPS) is 21.6. The van der Waals surface area contributed by atoms with Crippen LogP contribution >= 0.6 is 11.8 Å². The summed E-state index contributed by atoms with van der Waals surface area (Å²) in [5, 5.41) is 9.03. The van der Waals surface area contributed by atoms with Gasteiger partial charge in [-0.1, -0.05) is 12.1 Å². The smallest absolute Gasteiger partial charge is 0.253 e. The number of nitrogens with one attached hydrogen (secondary N) is 3. The standard InChI is InChI=1S/C15H19N3O2S/c19-14(17-10-5-6-10)11-3-1-2-4-12(11)18-15(20)13-9-21-8-7-16-13/h1-4,10,13,16H,5-9H2,(H,17,19)(H,18,20). The van der Waals surface area contributed by atoms with Gasteiger partial charge in [-0.3, -0.25) is 9.59 Å². The summed E-state index contributed by atoms with van der Waals surface area (Å²) in [7, 11) is 0. The van der Waals surface area contributed by atoms with Crippen molar-refractivity contribution in [3.63, 3.8) is 0 Å². The Kier molecular flexibility index (Phi) is 4.45. The molecule has 1 aromatic rings. The fraction of sp³-hybridized carbons (Fsp3) is 0.467. The molecular weight excluding hydrogens is 286 g/mol. The third kappa shape index (κ3) is 3.77. The molecule has 6 heteroatoms. The molecule has 112 valence electrons. The topological polar surface area (TPSA) is 70.2 Å². The van der Waals surface area contributed by atoms with Gasteiger partial charge in [-0.25, -0.2) is 0 Å². The monoisotopic (exact) mass is 305 g/mol. The van der Waals surface area contributed by atoms with Crippen LogP contribution in [-0.4, -0.2) is 41.9 Å². The highest BCUT2D eigenvalue weighted by Gasteiger charge is 2.26. The summed E-state index contributed by atoms with van der Waals surface area (Å²) in [5.74, 6) is 1.61. The number of benzene rings is 1. The first-order valence-electron chi connectivity index (χ1n) is 7.26. The quantitative estimate of drug-likeness (QED) is 0.782. The predicted octanol–water partition coefficient (Wildman–Crippen LogP) is 1.22. The van der Waals surface area contributed by atoms with E-state index in [1.165, 1.54) is 0 Å². The number of amides is 2. The van der Waals surface area contributed by atoms with Gasteiger partial charge in [-0.15, -0.1) is 0 Å². The van der Waals surface area contributed by atoms with Gasteiger partial charge >= 0.3 is 0 Å². The maximum atomic E-state index is 12.3.